The normalized spacial score (nSPS) is 18.7. The molecule has 1 aromatic rings. The van der Waals surface area contributed by atoms with Crippen molar-refractivity contribution < 1.29 is 9.47 Å². The lowest BCUT2D eigenvalue weighted by Crippen LogP contribution is -2.17. The van der Waals surface area contributed by atoms with Crippen LogP contribution in [0.3, 0.4) is 0 Å². The highest BCUT2D eigenvalue weighted by Crippen LogP contribution is 2.33. The van der Waals surface area contributed by atoms with Crippen molar-refractivity contribution in [1.29, 1.82) is 0 Å². The summed E-state index contributed by atoms with van der Waals surface area (Å²) in [6.45, 7) is 5.33. The molecule has 0 spiro atoms. The minimum Gasteiger partial charge on any atom is -0.493 e. The third-order valence-corrected chi connectivity index (χ3v) is 3.47. The van der Waals surface area contributed by atoms with E-state index in [-0.39, 0.29) is 0 Å². The van der Waals surface area contributed by atoms with Crippen LogP contribution in [0.5, 0.6) is 11.5 Å². The molecule has 1 heterocycles. The molecule has 4 heteroatoms. The topological polar surface area (TPSA) is 42.5 Å². The molecule has 1 atom stereocenters. The molecule has 4 nitrogen and oxygen atoms in total. The van der Waals surface area contributed by atoms with Crippen molar-refractivity contribution in [3.05, 3.63) is 17.7 Å². The molecule has 100 valence electrons. The van der Waals surface area contributed by atoms with Gasteiger partial charge in [0, 0.05) is 18.3 Å². The Morgan fingerprint density at radius 1 is 1.28 bits per heavy atom. The zero-order chi connectivity index (χ0) is 13.0. The Kier molecular flexibility index (Phi) is 4.31. The lowest BCUT2D eigenvalue weighted by molar-refractivity contribution is 0.355. The Balaban J connectivity index is 2.06. The van der Waals surface area contributed by atoms with Gasteiger partial charge < -0.3 is 20.1 Å². The number of ether oxygens (including phenoxy) is 2. The first-order valence-electron chi connectivity index (χ1n) is 6.41. The summed E-state index contributed by atoms with van der Waals surface area (Å²) in [7, 11) is 3.33. The van der Waals surface area contributed by atoms with Crippen LogP contribution in [-0.2, 0) is 0 Å². The van der Waals surface area contributed by atoms with E-state index in [1.165, 1.54) is 12.0 Å². The van der Waals surface area contributed by atoms with E-state index in [0.717, 1.165) is 42.7 Å². The Labute approximate surface area is 109 Å². The van der Waals surface area contributed by atoms with Gasteiger partial charge in [-0.2, -0.15) is 0 Å². The molecule has 0 aliphatic carbocycles. The van der Waals surface area contributed by atoms with E-state index < -0.39 is 0 Å². The first-order valence-corrected chi connectivity index (χ1v) is 6.41. The minimum atomic E-state index is 0.720. The molecule has 1 aliphatic heterocycles. The predicted octanol–water partition coefficient (Wildman–Crippen LogP) is 2.03. The second kappa shape index (κ2) is 5.96. The van der Waals surface area contributed by atoms with Gasteiger partial charge in [-0.15, -0.1) is 0 Å². The van der Waals surface area contributed by atoms with Crippen molar-refractivity contribution in [2.45, 2.75) is 13.3 Å². The van der Waals surface area contributed by atoms with Crippen LogP contribution >= 0.6 is 0 Å². The second-order valence-electron chi connectivity index (χ2n) is 4.76. The smallest absolute Gasteiger partial charge is 0.162 e. The zero-order valence-electron chi connectivity index (χ0n) is 11.4. The highest BCUT2D eigenvalue weighted by molar-refractivity contribution is 5.60. The summed E-state index contributed by atoms with van der Waals surface area (Å²) >= 11 is 0. The molecule has 0 aromatic heterocycles. The standard InChI is InChI=1S/C14H22N2O2/c1-10-6-13(17-2)14(18-3)7-12(10)16-9-11-4-5-15-8-11/h6-7,11,15-16H,4-5,8-9H2,1-3H3. The average Bonchev–Trinajstić information content (AvgIpc) is 2.90. The molecule has 1 aromatic carbocycles. The first kappa shape index (κ1) is 13.0. The predicted molar refractivity (Wildman–Crippen MR) is 73.7 cm³/mol. The van der Waals surface area contributed by atoms with Crippen molar-refractivity contribution in [1.82, 2.24) is 5.32 Å². The Bertz CT molecular complexity index is 401. The van der Waals surface area contributed by atoms with Crippen molar-refractivity contribution in [3.63, 3.8) is 0 Å². The number of aryl methyl sites for hydroxylation is 1. The maximum Gasteiger partial charge on any atom is 0.162 e. The molecule has 0 radical (unpaired) electrons. The molecule has 1 unspecified atom stereocenters. The van der Waals surface area contributed by atoms with Crippen molar-refractivity contribution in [2.24, 2.45) is 5.92 Å². The quantitative estimate of drug-likeness (QED) is 0.839. The number of hydrogen-bond donors (Lipinski definition) is 2. The van der Waals surface area contributed by atoms with E-state index >= 15 is 0 Å². The molecule has 1 fully saturated rings. The molecular weight excluding hydrogens is 228 g/mol. The van der Waals surface area contributed by atoms with Gasteiger partial charge in [0.05, 0.1) is 14.2 Å². The lowest BCUT2D eigenvalue weighted by atomic mass is 10.1. The molecule has 2 N–H and O–H groups in total. The van der Waals surface area contributed by atoms with E-state index in [0.29, 0.717) is 0 Å². The van der Waals surface area contributed by atoms with Crippen LogP contribution in [0.15, 0.2) is 12.1 Å². The summed E-state index contributed by atoms with van der Waals surface area (Å²) in [6.07, 6.45) is 1.25. The number of rotatable bonds is 5. The Hall–Kier alpha value is -1.42. The summed E-state index contributed by atoms with van der Waals surface area (Å²) in [5.41, 5.74) is 2.30. The number of benzene rings is 1. The van der Waals surface area contributed by atoms with Crippen LogP contribution in [0.25, 0.3) is 0 Å². The summed E-state index contributed by atoms with van der Waals surface area (Å²) in [6, 6.07) is 4.02. The van der Waals surface area contributed by atoms with E-state index in [1.54, 1.807) is 14.2 Å². The monoisotopic (exact) mass is 250 g/mol. The summed E-state index contributed by atoms with van der Waals surface area (Å²) in [5.74, 6) is 2.27. The number of nitrogens with one attached hydrogen (secondary N) is 2. The van der Waals surface area contributed by atoms with Crippen LogP contribution in [0.1, 0.15) is 12.0 Å². The van der Waals surface area contributed by atoms with Crippen LogP contribution in [0.2, 0.25) is 0 Å². The van der Waals surface area contributed by atoms with Crippen molar-refractivity contribution in [2.75, 3.05) is 39.2 Å². The maximum atomic E-state index is 5.33. The van der Waals surface area contributed by atoms with Gasteiger partial charge in [-0.3, -0.25) is 0 Å². The SMILES string of the molecule is COc1cc(C)c(NCC2CCNC2)cc1OC. The summed E-state index contributed by atoms with van der Waals surface area (Å²) in [4.78, 5) is 0. The van der Waals surface area contributed by atoms with Crippen molar-refractivity contribution in [3.8, 4) is 11.5 Å². The van der Waals surface area contributed by atoms with Gasteiger partial charge in [0.15, 0.2) is 11.5 Å². The van der Waals surface area contributed by atoms with Gasteiger partial charge in [0.2, 0.25) is 0 Å². The Morgan fingerprint density at radius 3 is 2.61 bits per heavy atom. The zero-order valence-corrected chi connectivity index (χ0v) is 11.4. The van der Waals surface area contributed by atoms with Crippen LogP contribution < -0.4 is 20.1 Å². The largest absolute Gasteiger partial charge is 0.493 e. The number of hydrogen-bond acceptors (Lipinski definition) is 4. The molecule has 0 saturated carbocycles. The Morgan fingerprint density at radius 2 is 2.00 bits per heavy atom. The molecule has 0 amide bonds. The molecule has 1 saturated heterocycles. The highest BCUT2D eigenvalue weighted by atomic mass is 16.5. The first-order chi connectivity index (χ1) is 8.74. The number of anilines is 1. The lowest BCUT2D eigenvalue weighted by Gasteiger charge is -2.16. The van der Waals surface area contributed by atoms with Crippen molar-refractivity contribution >= 4 is 5.69 Å². The van der Waals surface area contributed by atoms with E-state index in [9.17, 15) is 0 Å². The van der Waals surface area contributed by atoms with Crippen LogP contribution in [-0.4, -0.2) is 33.9 Å². The van der Waals surface area contributed by atoms with Crippen LogP contribution in [0.4, 0.5) is 5.69 Å². The van der Waals surface area contributed by atoms with E-state index in [1.807, 2.05) is 12.1 Å². The molecule has 18 heavy (non-hydrogen) atoms. The summed E-state index contributed by atoms with van der Waals surface area (Å²) < 4.78 is 10.6. The van der Waals surface area contributed by atoms with Gasteiger partial charge in [-0.1, -0.05) is 0 Å². The fraction of sp³-hybridized carbons (Fsp3) is 0.571. The third kappa shape index (κ3) is 2.88. The van der Waals surface area contributed by atoms with Gasteiger partial charge in [0.25, 0.3) is 0 Å². The fourth-order valence-corrected chi connectivity index (χ4v) is 2.31. The van der Waals surface area contributed by atoms with E-state index in [2.05, 4.69) is 17.6 Å². The molecule has 2 rings (SSSR count). The highest BCUT2D eigenvalue weighted by Gasteiger charge is 2.15. The van der Waals surface area contributed by atoms with Gasteiger partial charge in [-0.25, -0.2) is 0 Å². The maximum absolute atomic E-state index is 5.33. The van der Waals surface area contributed by atoms with Crippen LogP contribution in [0, 0.1) is 12.8 Å². The average molecular weight is 250 g/mol. The molecular formula is C14H22N2O2. The van der Waals surface area contributed by atoms with Gasteiger partial charge in [0.1, 0.15) is 0 Å². The molecule has 0 bridgehead atoms. The van der Waals surface area contributed by atoms with E-state index in [4.69, 9.17) is 9.47 Å². The molecule has 1 aliphatic rings. The minimum absolute atomic E-state index is 0.720. The number of methoxy groups -OCH3 is 2. The van der Waals surface area contributed by atoms with Gasteiger partial charge >= 0.3 is 0 Å². The second-order valence-corrected chi connectivity index (χ2v) is 4.76. The van der Waals surface area contributed by atoms with Gasteiger partial charge in [-0.05, 0) is 44.0 Å². The summed E-state index contributed by atoms with van der Waals surface area (Å²) in [5, 5.41) is 6.88. The fourth-order valence-electron chi connectivity index (χ4n) is 2.31. The third-order valence-electron chi connectivity index (χ3n) is 3.47.